The summed E-state index contributed by atoms with van der Waals surface area (Å²) >= 11 is 0. The van der Waals surface area contributed by atoms with Crippen LogP contribution in [0.2, 0.25) is 0 Å². The van der Waals surface area contributed by atoms with E-state index in [1.54, 1.807) is 0 Å². The van der Waals surface area contributed by atoms with Crippen molar-refractivity contribution in [1.29, 1.82) is 0 Å². The van der Waals surface area contributed by atoms with Gasteiger partial charge < -0.3 is 4.74 Å². The summed E-state index contributed by atoms with van der Waals surface area (Å²) in [6, 6.07) is 0.406. The van der Waals surface area contributed by atoms with E-state index in [9.17, 15) is 0 Å². The van der Waals surface area contributed by atoms with Gasteiger partial charge >= 0.3 is 0 Å². The van der Waals surface area contributed by atoms with Crippen LogP contribution in [-0.4, -0.2) is 37.0 Å². The Morgan fingerprint density at radius 2 is 2.42 bits per heavy atom. The van der Waals surface area contributed by atoms with Crippen LogP contribution in [0, 0.1) is 0 Å². The molecule has 2 aliphatic rings. The van der Waals surface area contributed by atoms with E-state index in [-0.39, 0.29) is 7.92 Å². The second-order valence-electron chi connectivity index (χ2n) is 3.77. The van der Waals surface area contributed by atoms with Crippen LogP contribution in [0.25, 0.3) is 0 Å². The lowest BCUT2D eigenvalue weighted by Crippen LogP contribution is -2.15. The van der Waals surface area contributed by atoms with E-state index in [0.29, 0.717) is 11.7 Å². The highest BCUT2D eigenvalue weighted by Crippen LogP contribution is 2.47. The normalized spacial score (nSPS) is 41.2. The van der Waals surface area contributed by atoms with Gasteiger partial charge in [0.2, 0.25) is 0 Å². The van der Waals surface area contributed by atoms with Gasteiger partial charge in [-0.25, -0.2) is 4.99 Å². The van der Waals surface area contributed by atoms with Gasteiger partial charge in [-0.1, -0.05) is 7.92 Å². The maximum absolute atomic E-state index is 5.59. The van der Waals surface area contributed by atoms with E-state index in [1.807, 2.05) is 0 Å². The number of hydrogen-bond acceptors (Lipinski definition) is 2. The third-order valence-corrected chi connectivity index (χ3v) is 5.19. The molecule has 1 fully saturated rings. The molecule has 0 aromatic rings. The third-order valence-electron chi connectivity index (χ3n) is 2.63. The molecule has 12 heavy (non-hydrogen) atoms. The van der Waals surface area contributed by atoms with Gasteiger partial charge in [0.05, 0.1) is 11.7 Å². The molecule has 0 unspecified atom stereocenters. The van der Waals surface area contributed by atoms with Crippen molar-refractivity contribution in [3.8, 4) is 0 Å². The summed E-state index contributed by atoms with van der Waals surface area (Å²) in [4.78, 5) is 4.53. The minimum Gasteiger partial charge on any atom is -0.478 e. The Morgan fingerprint density at radius 3 is 2.92 bits per heavy atom. The molecule has 3 atom stereocenters. The third kappa shape index (κ3) is 1.50. The fourth-order valence-electron chi connectivity index (χ4n) is 1.90. The van der Waals surface area contributed by atoms with Crippen LogP contribution in [0.4, 0.5) is 0 Å². The topological polar surface area (TPSA) is 21.6 Å². The zero-order valence-electron chi connectivity index (χ0n) is 7.79. The molecule has 2 heterocycles. The van der Waals surface area contributed by atoms with Crippen molar-refractivity contribution in [3.63, 3.8) is 0 Å². The van der Waals surface area contributed by atoms with E-state index in [2.05, 4.69) is 18.6 Å². The lowest BCUT2D eigenvalue weighted by molar-refractivity contribution is 0.316. The molecule has 2 nitrogen and oxygen atoms in total. The van der Waals surface area contributed by atoms with E-state index in [4.69, 9.17) is 4.74 Å². The van der Waals surface area contributed by atoms with Crippen LogP contribution in [-0.2, 0) is 4.74 Å². The molecule has 0 N–H and O–H groups in total. The molecule has 68 valence electrons. The number of hydrogen-bond donors (Lipinski definition) is 0. The van der Waals surface area contributed by atoms with Gasteiger partial charge in [0.15, 0.2) is 5.90 Å². The van der Waals surface area contributed by atoms with Crippen molar-refractivity contribution in [3.05, 3.63) is 0 Å². The molecule has 0 spiro atoms. The summed E-state index contributed by atoms with van der Waals surface area (Å²) in [5.41, 5.74) is 0.699. The highest BCUT2D eigenvalue weighted by atomic mass is 31.1. The zero-order chi connectivity index (χ0) is 8.55. The Balaban J connectivity index is 2.04. The van der Waals surface area contributed by atoms with Crippen molar-refractivity contribution in [2.45, 2.75) is 31.5 Å². The van der Waals surface area contributed by atoms with Crippen molar-refractivity contribution in [1.82, 2.24) is 0 Å². The predicted octanol–water partition coefficient (Wildman–Crippen LogP) is 2.08. The molecule has 0 amide bonds. The van der Waals surface area contributed by atoms with E-state index in [1.165, 1.54) is 19.0 Å². The fraction of sp³-hybridized carbons (Fsp3) is 0.889. The first-order valence-corrected chi connectivity index (χ1v) is 6.72. The average molecular weight is 185 g/mol. The van der Waals surface area contributed by atoms with Crippen LogP contribution < -0.4 is 0 Å². The Kier molecular flexibility index (Phi) is 2.36. The number of ether oxygens (including phenoxy) is 1. The van der Waals surface area contributed by atoms with Gasteiger partial charge in [0, 0.05) is 0 Å². The Morgan fingerprint density at radius 1 is 1.58 bits per heavy atom. The molecule has 1 saturated heterocycles. The van der Waals surface area contributed by atoms with Crippen molar-refractivity contribution in [2.75, 3.05) is 19.4 Å². The van der Waals surface area contributed by atoms with Crippen LogP contribution in [0.5, 0.6) is 0 Å². The molecule has 2 rings (SSSR count). The van der Waals surface area contributed by atoms with Crippen molar-refractivity contribution in [2.24, 2.45) is 4.99 Å². The van der Waals surface area contributed by atoms with Crippen molar-refractivity contribution >= 4 is 13.8 Å². The molecule has 0 bridgehead atoms. The van der Waals surface area contributed by atoms with Crippen LogP contribution in [0.3, 0.4) is 0 Å². The van der Waals surface area contributed by atoms with Gasteiger partial charge in [-0.15, -0.1) is 0 Å². The Hall–Kier alpha value is -0.100. The first-order valence-electron chi connectivity index (χ1n) is 4.68. The summed E-state index contributed by atoms with van der Waals surface area (Å²) in [6.45, 7) is 5.32. The molecule has 0 aromatic carbocycles. The predicted molar refractivity (Wildman–Crippen MR) is 53.6 cm³/mol. The zero-order valence-corrected chi connectivity index (χ0v) is 8.68. The molecule has 2 aliphatic heterocycles. The summed E-state index contributed by atoms with van der Waals surface area (Å²) < 4.78 is 5.59. The SMILES string of the molecule is C[C@H]1COC([C@H]2CCC[P@@]2C)=N1. The van der Waals surface area contributed by atoms with E-state index in [0.717, 1.165) is 12.5 Å². The van der Waals surface area contributed by atoms with E-state index >= 15 is 0 Å². The quantitative estimate of drug-likeness (QED) is 0.573. The monoisotopic (exact) mass is 185 g/mol. The van der Waals surface area contributed by atoms with Crippen LogP contribution in [0.15, 0.2) is 4.99 Å². The van der Waals surface area contributed by atoms with Gasteiger partial charge in [-0.05, 0) is 32.6 Å². The largest absolute Gasteiger partial charge is 0.478 e. The van der Waals surface area contributed by atoms with Crippen LogP contribution >= 0.6 is 7.92 Å². The minimum absolute atomic E-state index is 0.186. The lowest BCUT2D eigenvalue weighted by Gasteiger charge is -2.14. The summed E-state index contributed by atoms with van der Waals surface area (Å²) in [5, 5.41) is 0. The highest BCUT2D eigenvalue weighted by Gasteiger charge is 2.31. The molecule has 0 aromatic heterocycles. The Bertz CT molecular complexity index is 205. The molecule has 0 radical (unpaired) electrons. The first kappa shape index (κ1) is 8.50. The van der Waals surface area contributed by atoms with Crippen LogP contribution in [0.1, 0.15) is 19.8 Å². The van der Waals surface area contributed by atoms with Gasteiger partial charge in [-0.2, -0.15) is 0 Å². The fourth-order valence-corrected chi connectivity index (χ4v) is 4.04. The number of aliphatic imine (C=N–C) groups is 1. The maximum Gasteiger partial charge on any atom is 0.191 e. The number of rotatable bonds is 1. The Labute approximate surface area is 75.2 Å². The molecule has 3 heteroatoms. The summed E-state index contributed by atoms with van der Waals surface area (Å²) in [7, 11) is 0.186. The van der Waals surface area contributed by atoms with Crippen molar-refractivity contribution < 1.29 is 4.74 Å². The average Bonchev–Trinajstić information content (AvgIpc) is 2.58. The molecular formula is C9H16NOP. The highest BCUT2D eigenvalue weighted by molar-refractivity contribution is 7.59. The molecular weight excluding hydrogens is 169 g/mol. The summed E-state index contributed by atoms with van der Waals surface area (Å²) in [5.74, 6) is 1.08. The molecule has 0 aliphatic carbocycles. The van der Waals surface area contributed by atoms with E-state index < -0.39 is 0 Å². The lowest BCUT2D eigenvalue weighted by atomic mass is 10.2. The second kappa shape index (κ2) is 3.33. The number of nitrogens with zero attached hydrogens (tertiary/aromatic N) is 1. The maximum atomic E-state index is 5.59. The van der Waals surface area contributed by atoms with Gasteiger partial charge in [0.1, 0.15) is 6.61 Å². The van der Waals surface area contributed by atoms with Gasteiger partial charge in [0.25, 0.3) is 0 Å². The molecule has 0 saturated carbocycles. The minimum atomic E-state index is 0.186. The van der Waals surface area contributed by atoms with Gasteiger partial charge in [-0.3, -0.25) is 0 Å². The standard InChI is InChI=1S/C9H16NOP/c1-7-6-11-9(10-7)8-4-3-5-12(8)2/h7-8H,3-6H2,1-2H3/t7-,8+,12+/m0/s1. The summed E-state index contributed by atoms with van der Waals surface area (Å²) in [6.07, 6.45) is 4.11. The second-order valence-corrected chi connectivity index (χ2v) is 6.35. The smallest absolute Gasteiger partial charge is 0.191 e. The first-order chi connectivity index (χ1) is 5.77.